The number of aryl methyl sites for hydroxylation is 1. The largest absolute Gasteiger partial charge is 0.493 e. The minimum absolute atomic E-state index is 0.209. The van der Waals surface area contributed by atoms with Crippen LogP contribution in [0.25, 0.3) is 11.5 Å². The molecule has 0 saturated heterocycles. The second-order valence-corrected chi connectivity index (χ2v) is 3.25. The Hall–Kier alpha value is -2.11. The first-order valence-corrected chi connectivity index (χ1v) is 4.36. The Kier molecular flexibility index (Phi) is 2.03. The number of H-pyrrole nitrogens is 1. The molecule has 2 aromatic heterocycles. The maximum Gasteiger partial charge on any atom is 0.257 e. The average molecular weight is 206 g/mol. The third-order valence-corrected chi connectivity index (χ3v) is 2.18. The molecule has 0 amide bonds. The van der Waals surface area contributed by atoms with Crippen LogP contribution < -0.4 is 5.56 Å². The summed E-state index contributed by atoms with van der Waals surface area (Å²) in [4.78, 5) is 21.7. The molecular weight excluding hydrogens is 196 g/mol. The minimum atomic E-state index is -0.348. The van der Waals surface area contributed by atoms with Crippen LogP contribution in [0.2, 0.25) is 0 Å². The average Bonchev–Trinajstić information content (AvgIpc) is 2.60. The minimum Gasteiger partial charge on any atom is -0.493 e. The molecule has 2 N–H and O–H groups in total. The van der Waals surface area contributed by atoms with Crippen LogP contribution >= 0.6 is 0 Å². The van der Waals surface area contributed by atoms with E-state index >= 15 is 0 Å². The van der Waals surface area contributed by atoms with Crippen molar-refractivity contribution < 1.29 is 5.11 Å². The van der Waals surface area contributed by atoms with Crippen LogP contribution in [0.5, 0.6) is 5.88 Å². The predicted molar refractivity (Wildman–Crippen MR) is 53.5 cm³/mol. The van der Waals surface area contributed by atoms with Crippen molar-refractivity contribution in [3.8, 4) is 17.4 Å². The van der Waals surface area contributed by atoms with E-state index in [-0.39, 0.29) is 17.0 Å². The lowest BCUT2D eigenvalue weighted by molar-refractivity contribution is 0.447. The normalized spacial score (nSPS) is 10.5. The van der Waals surface area contributed by atoms with Crippen molar-refractivity contribution in [2.45, 2.75) is 6.92 Å². The second-order valence-electron chi connectivity index (χ2n) is 3.25. The molecule has 0 aliphatic carbocycles. The topological polar surface area (TPSA) is 83.8 Å². The van der Waals surface area contributed by atoms with Gasteiger partial charge in [-0.05, 0) is 6.92 Å². The molecule has 0 aromatic carbocycles. The molecule has 2 aromatic rings. The summed E-state index contributed by atoms with van der Waals surface area (Å²) in [5.74, 6) is 0.0538. The van der Waals surface area contributed by atoms with Crippen LogP contribution in [0.3, 0.4) is 0 Å². The molecule has 2 rings (SSSR count). The SMILES string of the molecule is Cc1c(O)nc(-c2cncn2C)[nH]c1=O. The van der Waals surface area contributed by atoms with Crippen molar-refractivity contribution >= 4 is 0 Å². The molecule has 0 atom stereocenters. The third kappa shape index (κ3) is 1.50. The first-order chi connectivity index (χ1) is 7.09. The zero-order chi connectivity index (χ0) is 11.0. The van der Waals surface area contributed by atoms with Gasteiger partial charge in [-0.25, -0.2) is 4.98 Å². The molecule has 15 heavy (non-hydrogen) atoms. The molecule has 0 fully saturated rings. The van der Waals surface area contributed by atoms with Crippen molar-refractivity contribution in [1.29, 1.82) is 0 Å². The highest BCUT2D eigenvalue weighted by Crippen LogP contribution is 2.15. The van der Waals surface area contributed by atoms with Crippen molar-refractivity contribution in [3.63, 3.8) is 0 Å². The van der Waals surface area contributed by atoms with Crippen molar-refractivity contribution in [1.82, 2.24) is 19.5 Å². The van der Waals surface area contributed by atoms with Gasteiger partial charge in [0.2, 0.25) is 5.88 Å². The van der Waals surface area contributed by atoms with E-state index in [2.05, 4.69) is 15.0 Å². The fourth-order valence-electron chi connectivity index (χ4n) is 1.23. The number of aromatic hydroxyl groups is 1. The van der Waals surface area contributed by atoms with E-state index in [1.807, 2.05) is 0 Å². The fourth-order valence-corrected chi connectivity index (χ4v) is 1.23. The first-order valence-electron chi connectivity index (χ1n) is 4.36. The Morgan fingerprint density at radius 3 is 2.80 bits per heavy atom. The smallest absolute Gasteiger partial charge is 0.257 e. The lowest BCUT2D eigenvalue weighted by Crippen LogP contribution is -2.12. The molecule has 0 saturated carbocycles. The fraction of sp³-hybridized carbons (Fsp3) is 0.222. The van der Waals surface area contributed by atoms with Gasteiger partial charge in [-0.2, -0.15) is 4.98 Å². The molecule has 0 aliphatic rings. The molecule has 78 valence electrons. The lowest BCUT2D eigenvalue weighted by Gasteiger charge is -2.03. The van der Waals surface area contributed by atoms with Crippen molar-refractivity contribution in [2.75, 3.05) is 0 Å². The quantitative estimate of drug-likeness (QED) is 0.697. The van der Waals surface area contributed by atoms with Gasteiger partial charge in [-0.15, -0.1) is 0 Å². The highest BCUT2D eigenvalue weighted by atomic mass is 16.3. The van der Waals surface area contributed by atoms with Gasteiger partial charge < -0.3 is 14.7 Å². The third-order valence-electron chi connectivity index (χ3n) is 2.18. The number of imidazole rings is 1. The van der Waals surface area contributed by atoms with Gasteiger partial charge in [-0.3, -0.25) is 4.79 Å². The number of hydrogen-bond acceptors (Lipinski definition) is 4. The Labute approximate surface area is 85.3 Å². The van der Waals surface area contributed by atoms with Gasteiger partial charge in [0.15, 0.2) is 5.82 Å². The summed E-state index contributed by atoms with van der Waals surface area (Å²) in [6.45, 7) is 1.51. The zero-order valence-electron chi connectivity index (χ0n) is 8.35. The molecule has 0 bridgehead atoms. The van der Waals surface area contributed by atoms with E-state index in [4.69, 9.17) is 0 Å². The van der Waals surface area contributed by atoms with E-state index in [9.17, 15) is 9.90 Å². The number of nitrogens with one attached hydrogen (secondary N) is 1. The summed E-state index contributed by atoms with van der Waals surface area (Å²) in [5, 5.41) is 9.41. The summed E-state index contributed by atoms with van der Waals surface area (Å²) in [5.41, 5.74) is 0.502. The summed E-state index contributed by atoms with van der Waals surface area (Å²) in [6, 6.07) is 0. The van der Waals surface area contributed by atoms with Crippen molar-refractivity contribution in [3.05, 3.63) is 28.4 Å². The van der Waals surface area contributed by atoms with Gasteiger partial charge in [0.25, 0.3) is 5.56 Å². The van der Waals surface area contributed by atoms with Crippen LogP contribution in [0.4, 0.5) is 0 Å². The summed E-state index contributed by atoms with van der Waals surface area (Å²) in [7, 11) is 1.78. The molecule has 0 unspecified atom stereocenters. The van der Waals surface area contributed by atoms with E-state index in [1.54, 1.807) is 24.1 Å². The molecule has 2 heterocycles. The molecule has 6 heteroatoms. The van der Waals surface area contributed by atoms with Gasteiger partial charge in [0, 0.05) is 7.05 Å². The Morgan fingerprint density at radius 1 is 1.53 bits per heavy atom. The molecule has 0 aliphatic heterocycles. The van der Waals surface area contributed by atoms with Gasteiger partial charge in [-0.1, -0.05) is 0 Å². The van der Waals surface area contributed by atoms with Crippen LogP contribution in [0.1, 0.15) is 5.56 Å². The maximum atomic E-state index is 11.4. The molecule has 0 spiro atoms. The highest BCUT2D eigenvalue weighted by Gasteiger charge is 2.09. The zero-order valence-corrected chi connectivity index (χ0v) is 8.35. The summed E-state index contributed by atoms with van der Waals surface area (Å²) < 4.78 is 1.70. The van der Waals surface area contributed by atoms with Gasteiger partial charge >= 0.3 is 0 Å². The van der Waals surface area contributed by atoms with Crippen molar-refractivity contribution in [2.24, 2.45) is 7.05 Å². The monoisotopic (exact) mass is 206 g/mol. The van der Waals surface area contributed by atoms with Crippen LogP contribution in [-0.4, -0.2) is 24.6 Å². The predicted octanol–water partition coefficient (Wildman–Crippen LogP) is 0.184. The number of aromatic nitrogens is 4. The van der Waals surface area contributed by atoms with E-state index < -0.39 is 0 Å². The second kappa shape index (κ2) is 3.23. The summed E-state index contributed by atoms with van der Waals surface area (Å²) >= 11 is 0. The van der Waals surface area contributed by atoms with Crippen LogP contribution in [-0.2, 0) is 7.05 Å². The standard InChI is InChI=1S/C9H10N4O2/c1-5-8(14)11-7(12-9(5)15)6-3-10-4-13(6)2/h3-4H,1-2H3,(H2,11,12,14,15). The molecule has 0 radical (unpaired) electrons. The van der Waals surface area contributed by atoms with Crippen LogP contribution in [0, 0.1) is 6.92 Å². The first kappa shape index (κ1) is 9.45. The van der Waals surface area contributed by atoms with Gasteiger partial charge in [0.05, 0.1) is 18.1 Å². The molecular formula is C9H10N4O2. The summed E-state index contributed by atoms with van der Waals surface area (Å²) in [6.07, 6.45) is 3.15. The molecule has 6 nitrogen and oxygen atoms in total. The number of nitrogens with zero attached hydrogens (tertiary/aromatic N) is 3. The Bertz CT molecular complexity index is 555. The van der Waals surface area contributed by atoms with E-state index in [0.717, 1.165) is 0 Å². The van der Waals surface area contributed by atoms with E-state index in [1.165, 1.54) is 6.92 Å². The number of aromatic amines is 1. The Balaban J connectivity index is 2.66. The number of hydrogen-bond donors (Lipinski definition) is 2. The van der Waals surface area contributed by atoms with E-state index in [0.29, 0.717) is 11.5 Å². The van der Waals surface area contributed by atoms with Gasteiger partial charge in [0.1, 0.15) is 5.69 Å². The highest BCUT2D eigenvalue weighted by molar-refractivity contribution is 5.49. The van der Waals surface area contributed by atoms with Crippen LogP contribution in [0.15, 0.2) is 17.3 Å². The number of rotatable bonds is 1. The Morgan fingerprint density at radius 2 is 2.27 bits per heavy atom. The maximum absolute atomic E-state index is 11.4. The lowest BCUT2D eigenvalue weighted by atomic mass is 10.3.